The van der Waals surface area contributed by atoms with Crippen LogP contribution >= 0.6 is 0 Å². The summed E-state index contributed by atoms with van der Waals surface area (Å²) >= 11 is -5.56. The molecule has 0 spiro atoms. The maximum atomic E-state index is 12.6. The van der Waals surface area contributed by atoms with E-state index in [-0.39, 0.29) is 0 Å². The van der Waals surface area contributed by atoms with Crippen LogP contribution in [0.5, 0.6) is 0 Å². The van der Waals surface area contributed by atoms with Crippen molar-refractivity contribution in [3.8, 4) is 0 Å². The average Bonchev–Trinajstić information content (AvgIpc) is 1.78. The molecular weight excluding hydrogens is 358 g/mol. The Morgan fingerprint density at radius 1 is 0.643 bits per heavy atom. The molecule has 14 heavy (non-hydrogen) atoms. The second-order valence-corrected chi connectivity index (χ2v) is 10.5. The van der Waals surface area contributed by atoms with Crippen LogP contribution < -0.4 is 0 Å². The Morgan fingerprint density at radius 3 is 1.00 bits per heavy atom. The van der Waals surface area contributed by atoms with Gasteiger partial charge < -0.3 is 0 Å². The van der Waals surface area contributed by atoms with Crippen LogP contribution in [0.3, 0.4) is 0 Å². The topological polar surface area (TPSA) is 0 Å². The van der Waals surface area contributed by atoms with Crippen LogP contribution in [0.2, 0.25) is 0 Å². The molecule has 0 atom stereocenters. The van der Waals surface area contributed by atoms with E-state index in [1.807, 2.05) is 0 Å². The fourth-order valence-corrected chi connectivity index (χ4v) is 7.10. The normalized spacial score (nSPS) is 39.4. The van der Waals surface area contributed by atoms with Gasteiger partial charge in [0, 0.05) is 0 Å². The minimum absolute atomic E-state index is 2.78. The first kappa shape index (κ1) is 12.5. The molecule has 1 saturated heterocycles. The van der Waals surface area contributed by atoms with Gasteiger partial charge in [0.05, 0.1) is 0 Å². The van der Waals surface area contributed by atoms with Gasteiger partial charge in [0.2, 0.25) is 0 Å². The van der Waals surface area contributed by atoms with Crippen LogP contribution in [0, 0.1) is 0 Å². The van der Waals surface area contributed by atoms with E-state index in [1.165, 1.54) is 0 Å². The Balaban J connectivity index is 2.76. The summed E-state index contributed by atoms with van der Waals surface area (Å²) in [6, 6.07) is 0. The van der Waals surface area contributed by atoms with E-state index in [0.29, 0.717) is 0 Å². The quantitative estimate of drug-likeness (QED) is 0.458. The third-order valence-electron chi connectivity index (χ3n) is 1.20. The Bertz CT molecular complexity index is 211. The predicted octanol–water partition coefficient (Wildman–Crippen LogP) is 1.78. The van der Waals surface area contributed by atoms with Gasteiger partial charge in [0.15, 0.2) is 0 Å². The SMILES string of the molecule is FC(F)(F)C1(F)[Se]C(F)(C(F)(F)F)[Se]1. The van der Waals surface area contributed by atoms with Crippen LogP contribution in [0.1, 0.15) is 0 Å². The molecule has 1 aliphatic rings. The molecule has 1 aliphatic heterocycles. The second kappa shape index (κ2) is 2.99. The summed E-state index contributed by atoms with van der Waals surface area (Å²) in [4.78, 5) is 0. The van der Waals surface area contributed by atoms with E-state index < -0.39 is 49.2 Å². The first-order chi connectivity index (χ1) is 5.91. The first-order valence-electron chi connectivity index (χ1n) is 2.83. The monoisotopic (exact) mass is 360 g/mol. The van der Waals surface area contributed by atoms with Gasteiger partial charge in [-0.15, -0.1) is 0 Å². The van der Waals surface area contributed by atoms with Crippen molar-refractivity contribution in [3.05, 3.63) is 0 Å². The molecule has 10 heteroatoms. The third-order valence-corrected chi connectivity index (χ3v) is 8.98. The third kappa shape index (κ3) is 1.77. The van der Waals surface area contributed by atoms with Gasteiger partial charge in [-0.3, -0.25) is 0 Å². The van der Waals surface area contributed by atoms with Gasteiger partial charge in [-0.05, 0) is 0 Å². The van der Waals surface area contributed by atoms with Crippen LogP contribution in [-0.4, -0.2) is 49.2 Å². The van der Waals surface area contributed by atoms with Gasteiger partial charge >= 0.3 is 84.3 Å². The molecule has 0 unspecified atom stereocenters. The second-order valence-electron chi connectivity index (χ2n) is 2.27. The average molecular weight is 358 g/mol. The number of rotatable bonds is 0. The van der Waals surface area contributed by atoms with Crippen LogP contribution in [0.25, 0.3) is 0 Å². The van der Waals surface area contributed by atoms with Crippen molar-refractivity contribution in [1.82, 2.24) is 0 Å². The molecule has 0 aromatic rings. The molecular formula is C4F8Se2. The summed E-state index contributed by atoms with van der Waals surface area (Å²) in [6.07, 6.45) is -10.8. The molecule has 1 fully saturated rings. The van der Waals surface area contributed by atoms with E-state index in [4.69, 9.17) is 0 Å². The van der Waals surface area contributed by atoms with Crippen molar-refractivity contribution >= 4 is 29.9 Å². The van der Waals surface area contributed by atoms with E-state index in [9.17, 15) is 35.1 Å². The molecule has 0 saturated carbocycles. The molecule has 0 nitrogen and oxygen atoms in total. The van der Waals surface area contributed by atoms with Crippen molar-refractivity contribution in [2.75, 3.05) is 0 Å². The van der Waals surface area contributed by atoms with Crippen molar-refractivity contribution in [2.24, 2.45) is 0 Å². The van der Waals surface area contributed by atoms with Crippen molar-refractivity contribution in [2.45, 2.75) is 19.3 Å². The van der Waals surface area contributed by atoms with Gasteiger partial charge in [-0.1, -0.05) is 0 Å². The summed E-state index contributed by atoms with van der Waals surface area (Å²) in [5, 5.41) is 0. The maximum absolute atomic E-state index is 12.6. The molecule has 0 amide bonds. The molecule has 0 aromatic heterocycles. The van der Waals surface area contributed by atoms with E-state index in [0.717, 1.165) is 0 Å². The number of hydrogen-bond donors (Lipinski definition) is 0. The van der Waals surface area contributed by atoms with Crippen LogP contribution in [-0.2, 0) is 0 Å². The Hall–Kier alpha value is 0.479. The van der Waals surface area contributed by atoms with Crippen LogP contribution in [0.4, 0.5) is 35.1 Å². The minimum atomic E-state index is -5.40. The molecule has 0 aliphatic carbocycles. The number of hydrogen-bond acceptors (Lipinski definition) is 0. The molecule has 0 radical (unpaired) electrons. The van der Waals surface area contributed by atoms with Crippen LogP contribution in [0.15, 0.2) is 0 Å². The summed E-state index contributed by atoms with van der Waals surface area (Å²) in [5.74, 6) is 0. The fraction of sp³-hybridized carbons (Fsp3) is 1.00. The molecule has 0 N–H and O–H groups in total. The number of halogens is 8. The summed E-state index contributed by atoms with van der Waals surface area (Å²) in [5.41, 5.74) is 0. The molecule has 0 bridgehead atoms. The zero-order valence-corrected chi connectivity index (χ0v) is 9.27. The van der Waals surface area contributed by atoms with Gasteiger partial charge in [0.25, 0.3) is 0 Å². The molecule has 1 rings (SSSR count). The van der Waals surface area contributed by atoms with Gasteiger partial charge in [-0.25, -0.2) is 0 Å². The summed E-state index contributed by atoms with van der Waals surface area (Å²) in [6.45, 7) is 0. The van der Waals surface area contributed by atoms with E-state index >= 15 is 0 Å². The van der Waals surface area contributed by atoms with Gasteiger partial charge in [0.1, 0.15) is 0 Å². The molecule has 0 aromatic carbocycles. The van der Waals surface area contributed by atoms with E-state index in [1.54, 1.807) is 0 Å². The standard InChI is InChI=1S/C4F8Se2/c5-1(6,7)3(11)13-4(12,14-3)2(8,9)10. The van der Waals surface area contributed by atoms with E-state index in [2.05, 4.69) is 0 Å². The fourth-order valence-electron chi connectivity index (χ4n) is 0.577. The molecule has 84 valence electrons. The Morgan fingerprint density at radius 2 is 0.857 bits per heavy atom. The first-order valence-corrected chi connectivity index (χ1v) is 6.25. The Kier molecular flexibility index (Phi) is 2.68. The zero-order valence-electron chi connectivity index (χ0n) is 5.84. The number of alkyl halides is 8. The molecule has 1 heterocycles. The summed E-state index contributed by atoms with van der Waals surface area (Å²) < 4.78 is 87.9. The Labute approximate surface area is 84.7 Å². The predicted molar refractivity (Wildman–Crippen MR) is 31.3 cm³/mol. The van der Waals surface area contributed by atoms with Crippen molar-refractivity contribution in [3.63, 3.8) is 0 Å². The zero-order chi connectivity index (χ0) is 11.4. The van der Waals surface area contributed by atoms with Crippen molar-refractivity contribution in [1.29, 1.82) is 0 Å². The summed E-state index contributed by atoms with van der Waals surface area (Å²) in [7, 11) is 0. The van der Waals surface area contributed by atoms with Gasteiger partial charge in [-0.2, -0.15) is 0 Å². The van der Waals surface area contributed by atoms with Crippen molar-refractivity contribution < 1.29 is 35.1 Å².